The summed E-state index contributed by atoms with van der Waals surface area (Å²) in [4.78, 5) is 37.7. The van der Waals surface area contributed by atoms with Gasteiger partial charge in [0, 0.05) is 29.7 Å². The average molecular weight is 539 g/mol. The fraction of sp³-hybridized carbons (Fsp3) is 0.233. The molecule has 4 aromatic rings. The lowest BCUT2D eigenvalue weighted by Gasteiger charge is -2.16. The van der Waals surface area contributed by atoms with Crippen LogP contribution in [-0.4, -0.2) is 32.8 Å². The van der Waals surface area contributed by atoms with E-state index in [1.54, 1.807) is 31.2 Å². The number of hydrogen-bond donors (Lipinski definition) is 5. The molecule has 0 saturated carbocycles. The van der Waals surface area contributed by atoms with Crippen molar-refractivity contribution in [2.24, 2.45) is 0 Å². The normalized spacial score (nSPS) is 11.3. The zero-order valence-corrected chi connectivity index (χ0v) is 23.1. The van der Waals surface area contributed by atoms with Crippen molar-refractivity contribution in [3.63, 3.8) is 0 Å². The molecule has 0 bridgehead atoms. The smallest absolute Gasteiger partial charge is 0.246 e. The molecule has 10 nitrogen and oxygen atoms in total. The monoisotopic (exact) mass is 538 g/mol. The largest absolute Gasteiger partial charge is 0.342 e. The van der Waals surface area contributed by atoms with Crippen LogP contribution < -0.4 is 26.6 Å². The van der Waals surface area contributed by atoms with E-state index >= 15 is 0 Å². The zero-order valence-electron chi connectivity index (χ0n) is 23.1. The highest BCUT2D eigenvalue weighted by Gasteiger charge is 2.16. The molecule has 206 valence electrons. The molecule has 0 unspecified atom stereocenters. The van der Waals surface area contributed by atoms with Crippen molar-refractivity contribution in [2.45, 2.75) is 46.6 Å². The van der Waals surface area contributed by atoms with Crippen LogP contribution in [0.1, 0.15) is 38.8 Å². The van der Waals surface area contributed by atoms with Gasteiger partial charge in [0.2, 0.25) is 29.7 Å². The van der Waals surface area contributed by atoms with Crippen LogP contribution in [0.25, 0.3) is 0 Å². The van der Waals surface area contributed by atoms with E-state index in [4.69, 9.17) is 0 Å². The van der Waals surface area contributed by atoms with Gasteiger partial charge in [-0.3, -0.25) is 9.59 Å². The van der Waals surface area contributed by atoms with Crippen LogP contribution >= 0.6 is 0 Å². The second-order valence-corrected chi connectivity index (χ2v) is 9.27. The average Bonchev–Trinajstić information content (AvgIpc) is 2.94. The molecule has 0 aliphatic rings. The third kappa shape index (κ3) is 8.00. The summed E-state index contributed by atoms with van der Waals surface area (Å²) in [6.07, 6.45) is 1.90. The van der Waals surface area contributed by atoms with E-state index in [1.165, 1.54) is 18.1 Å². The Labute approximate surface area is 234 Å². The molecule has 1 aromatic heterocycles. The van der Waals surface area contributed by atoms with Gasteiger partial charge in [0.25, 0.3) is 0 Å². The zero-order chi connectivity index (χ0) is 28.5. The van der Waals surface area contributed by atoms with Crippen LogP contribution in [0.2, 0.25) is 0 Å². The molecule has 0 radical (unpaired) electrons. The van der Waals surface area contributed by atoms with Gasteiger partial charge in [0.1, 0.15) is 6.04 Å². The molecule has 0 aliphatic heterocycles. The Morgan fingerprint density at radius 1 is 0.625 bits per heavy atom. The lowest BCUT2D eigenvalue weighted by atomic mass is 10.1. The van der Waals surface area contributed by atoms with Crippen molar-refractivity contribution < 1.29 is 9.59 Å². The van der Waals surface area contributed by atoms with Gasteiger partial charge < -0.3 is 26.6 Å². The number of nitrogens with zero attached hydrogens (tertiary/aromatic N) is 3. The van der Waals surface area contributed by atoms with Crippen LogP contribution in [0, 0.1) is 0 Å². The van der Waals surface area contributed by atoms with Gasteiger partial charge in [-0.05, 0) is 79.4 Å². The van der Waals surface area contributed by atoms with Gasteiger partial charge in [-0.1, -0.05) is 38.1 Å². The van der Waals surface area contributed by atoms with E-state index in [1.807, 2.05) is 48.5 Å². The van der Waals surface area contributed by atoms with Crippen LogP contribution in [0.5, 0.6) is 0 Å². The van der Waals surface area contributed by atoms with Crippen LogP contribution in [0.15, 0.2) is 72.8 Å². The molecular formula is C30H34N8O2. The molecule has 0 saturated heterocycles. The molecule has 10 heteroatoms. The van der Waals surface area contributed by atoms with E-state index in [0.717, 1.165) is 24.2 Å². The number of amides is 2. The Balaban J connectivity index is 1.51. The topological polar surface area (TPSA) is 133 Å². The molecule has 3 aromatic carbocycles. The lowest BCUT2D eigenvalue weighted by Crippen LogP contribution is -2.32. The summed E-state index contributed by atoms with van der Waals surface area (Å²) < 4.78 is 0. The summed E-state index contributed by atoms with van der Waals surface area (Å²) in [6.45, 7) is 7.37. The van der Waals surface area contributed by atoms with Gasteiger partial charge >= 0.3 is 0 Å². The minimum atomic E-state index is -0.661. The molecule has 1 atom stereocenters. The number of nitrogens with one attached hydrogen (secondary N) is 5. The van der Waals surface area contributed by atoms with E-state index in [-0.39, 0.29) is 17.8 Å². The van der Waals surface area contributed by atoms with Crippen LogP contribution in [0.3, 0.4) is 0 Å². The van der Waals surface area contributed by atoms with Gasteiger partial charge in [-0.15, -0.1) is 0 Å². The molecule has 0 spiro atoms. The summed E-state index contributed by atoms with van der Waals surface area (Å²) in [6, 6.07) is 22.3. The number of aryl methyl sites for hydroxylation is 2. The van der Waals surface area contributed by atoms with Gasteiger partial charge in [0.15, 0.2) is 0 Å². The highest BCUT2D eigenvalue weighted by Crippen LogP contribution is 2.21. The maximum Gasteiger partial charge on any atom is 0.246 e. The van der Waals surface area contributed by atoms with Gasteiger partial charge in [0.05, 0.1) is 0 Å². The second-order valence-electron chi connectivity index (χ2n) is 9.27. The number of carbonyl (C=O) groups excluding carboxylic acids is 2. The molecule has 0 aliphatic carbocycles. The summed E-state index contributed by atoms with van der Waals surface area (Å²) in [5.41, 5.74) is 5.37. The first-order valence-corrected chi connectivity index (χ1v) is 13.2. The number of hydrogen-bond acceptors (Lipinski definition) is 8. The first kappa shape index (κ1) is 28.0. The Kier molecular flexibility index (Phi) is 9.24. The highest BCUT2D eigenvalue weighted by atomic mass is 16.2. The third-order valence-electron chi connectivity index (χ3n) is 6.08. The number of aromatic nitrogens is 3. The summed E-state index contributed by atoms with van der Waals surface area (Å²) >= 11 is 0. The number of carbonyl (C=O) groups is 2. The summed E-state index contributed by atoms with van der Waals surface area (Å²) in [7, 11) is 0. The van der Waals surface area contributed by atoms with Crippen molar-refractivity contribution in [3.05, 3.63) is 83.9 Å². The van der Waals surface area contributed by atoms with Crippen LogP contribution in [-0.2, 0) is 22.4 Å². The molecule has 5 N–H and O–H groups in total. The third-order valence-corrected chi connectivity index (χ3v) is 6.08. The molecule has 40 heavy (non-hydrogen) atoms. The fourth-order valence-corrected chi connectivity index (χ4v) is 3.81. The van der Waals surface area contributed by atoms with Crippen molar-refractivity contribution in [3.8, 4) is 0 Å². The number of benzene rings is 3. The Hall–Kier alpha value is -4.99. The predicted octanol–water partition coefficient (Wildman–Crippen LogP) is 5.88. The van der Waals surface area contributed by atoms with E-state index in [9.17, 15) is 9.59 Å². The maximum absolute atomic E-state index is 12.9. The van der Waals surface area contributed by atoms with E-state index < -0.39 is 6.04 Å². The Morgan fingerprint density at radius 2 is 1.02 bits per heavy atom. The summed E-state index contributed by atoms with van der Waals surface area (Å²) in [5, 5.41) is 15.1. The van der Waals surface area contributed by atoms with Gasteiger partial charge in [-0.25, -0.2) is 0 Å². The van der Waals surface area contributed by atoms with Crippen molar-refractivity contribution in [1.29, 1.82) is 0 Å². The first-order chi connectivity index (χ1) is 19.3. The van der Waals surface area contributed by atoms with Crippen LogP contribution in [0.4, 0.5) is 40.6 Å². The summed E-state index contributed by atoms with van der Waals surface area (Å²) in [5.74, 6) is 0.456. The fourth-order valence-electron chi connectivity index (χ4n) is 3.81. The minimum Gasteiger partial charge on any atom is -0.342 e. The SMILES string of the molecule is CCc1ccc(Nc2nc(Nc3ccc(CC)cc3)nc(N[C@@H](C)C(=O)Nc3ccc(NC(C)=O)cc3)n2)cc1. The van der Waals surface area contributed by atoms with Crippen molar-refractivity contribution >= 4 is 52.4 Å². The second kappa shape index (κ2) is 13.2. The van der Waals surface area contributed by atoms with Crippen molar-refractivity contribution in [2.75, 3.05) is 26.6 Å². The predicted molar refractivity (Wildman–Crippen MR) is 160 cm³/mol. The molecule has 2 amide bonds. The number of anilines is 7. The molecular weight excluding hydrogens is 504 g/mol. The molecule has 4 rings (SSSR count). The number of rotatable bonds is 11. The maximum atomic E-state index is 12.9. The Bertz CT molecular complexity index is 1370. The van der Waals surface area contributed by atoms with E-state index in [2.05, 4.69) is 55.4 Å². The first-order valence-electron chi connectivity index (χ1n) is 13.2. The molecule has 0 fully saturated rings. The highest BCUT2D eigenvalue weighted by molar-refractivity contribution is 5.96. The Morgan fingerprint density at radius 3 is 1.45 bits per heavy atom. The lowest BCUT2D eigenvalue weighted by molar-refractivity contribution is -0.116. The molecule has 1 heterocycles. The minimum absolute atomic E-state index is 0.161. The van der Waals surface area contributed by atoms with Gasteiger partial charge in [-0.2, -0.15) is 15.0 Å². The standard InChI is InChI=1S/C30H34N8O2/c1-5-21-7-11-25(12-8-21)34-29-36-28(37-30(38-29)35-26-13-9-22(6-2)10-14-26)31-19(3)27(40)33-24-17-15-23(16-18-24)32-20(4)39/h7-19H,5-6H2,1-4H3,(H,32,39)(H,33,40)(H3,31,34,35,36,37,38)/t19-/m0/s1. The van der Waals surface area contributed by atoms with E-state index in [0.29, 0.717) is 23.3 Å². The quantitative estimate of drug-likeness (QED) is 0.160. The van der Waals surface area contributed by atoms with Crippen molar-refractivity contribution in [1.82, 2.24) is 15.0 Å².